The van der Waals surface area contributed by atoms with Crippen molar-refractivity contribution in [3.8, 4) is 0 Å². The van der Waals surface area contributed by atoms with Crippen LogP contribution in [0.2, 0.25) is 0 Å². The first kappa shape index (κ1) is 25.5. The van der Waals surface area contributed by atoms with Gasteiger partial charge in [0.25, 0.3) is 0 Å². The van der Waals surface area contributed by atoms with E-state index >= 15 is 0 Å². The number of hydrogen-bond acceptors (Lipinski definition) is 0. The molecule has 0 atom stereocenters. The molecule has 1 aromatic rings. The predicted molar refractivity (Wildman–Crippen MR) is 122 cm³/mol. The summed E-state index contributed by atoms with van der Waals surface area (Å²) in [6.45, 7) is 19.5. The molecule has 1 aromatic carbocycles. The van der Waals surface area contributed by atoms with E-state index in [1.807, 2.05) is 0 Å². The first-order valence-corrected chi connectivity index (χ1v) is 13.6. The minimum Gasteiger partial charge on any atom is -0.174 e. The second-order valence-electron chi connectivity index (χ2n) is 8.38. The molecule has 0 bridgehead atoms. The van der Waals surface area contributed by atoms with Crippen LogP contribution in [0.4, 0.5) is 0 Å². The van der Waals surface area contributed by atoms with Gasteiger partial charge in [0.1, 0.15) is 0 Å². The molecule has 147 valence electrons. The second-order valence-corrected chi connectivity index (χ2v) is 16.3. The molecule has 0 spiro atoms. The molecular formula is C22H41CoP2+. The van der Waals surface area contributed by atoms with Gasteiger partial charge in [-0.1, -0.05) is 6.42 Å². The van der Waals surface area contributed by atoms with Crippen LogP contribution in [0.5, 0.6) is 0 Å². The van der Waals surface area contributed by atoms with Gasteiger partial charge in [0.2, 0.25) is 0 Å². The zero-order chi connectivity index (χ0) is 18.3. The Morgan fingerprint density at radius 1 is 0.840 bits per heavy atom. The van der Waals surface area contributed by atoms with Crippen LogP contribution in [-0.4, -0.2) is 35.0 Å². The van der Waals surface area contributed by atoms with Gasteiger partial charge in [0.05, 0.1) is 35.0 Å². The van der Waals surface area contributed by atoms with Crippen LogP contribution in [0, 0.1) is 0 Å². The second kappa shape index (κ2) is 12.8. The van der Waals surface area contributed by atoms with Crippen LogP contribution in [0.15, 0.2) is 24.3 Å². The molecule has 3 heteroatoms. The fraction of sp³-hybridized carbons (Fsp3) is 0.682. The normalized spacial score (nSPS) is 13.0. The van der Waals surface area contributed by atoms with Gasteiger partial charge in [-0.3, -0.25) is 0 Å². The van der Waals surface area contributed by atoms with Crippen LogP contribution in [0.3, 0.4) is 0 Å². The summed E-state index contributed by atoms with van der Waals surface area (Å²) < 4.78 is 0. The fourth-order valence-corrected chi connectivity index (χ4v) is 11.2. The molecular weight excluding hydrogens is 385 g/mol. The smallest absolute Gasteiger partial charge is 0.0910 e. The van der Waals surface area contributed by atoms with Gasteiger partial charge < -0.3 is 0 Å². The Kier molecular flexibility index (Phi) is 13.0. The molecule has 0 fully saturated rings. The number of rotatable bonds is 7. The van der Waals surface area contributed by atoms with Crippen molar-refractivity contribution in [2.24, 2.45) is 0 Å². The van der Waals surface area contributed by atoms with Crippen LogP contribution in [0.25, 0.3) is 6.08 Å². The molecule has 0 nitrogen and oxygen atoms in total. The largest absolute Gasteiger partial charge is 0.174 e. The summed E-state index contributed by atoms with van der Waals surface area (Å²) in [5.74, 6) is 0. The third-order valence-corrected chi connectivity index (χ3v) is 13.3. The average Bonchev–Trinajstić information content (AvgIpc) is 3.05. The summed E-state index contributed by atoms with van der Waals surface area (Å²) in [7, 11) is -0.229. The molecule has 25 heavy (non-hydrogen) atoms. The molecule has 0 unspecified atom stereocenters. The van der Waals surface area contributed by atoms with Crippen molar-refractivity contribution >= 4 is 21.9 Å². The maximum Gasteiger partial charge on any atom is 0.0910 e. The van der Waals surface area contributed by atoms with E-state index in [4.69, 9.17) is 0 Å². The SMILES string of the molecule is C1=C[c-]2cccc2C1.CC(C)[PH+](CC[PH+](C(C)C)C(C)C)C(C)C.[Co]. The third-order valence-electron chi connectivity index (χ3n) is 5.25. The van der Waals surface area contributed by atoms with Crippen LogP contribution < -0.4 is 0 Å². The van der Waals surface area contributed by atoms with Crippen molar-refractivity contribution in [1.82, 2.24) is 0 Å². The quantitative estimate of drug-likeness (QED) is 0.325. The van der Waals surface area contributed by atoms with Gasteiger partial charge in [-0.2, -0.15) is 18.2 Å². The van der Waals surface area contributed by atoms with E-state index in [1.54, 1.807) is 12.3 Å². The molecule has 0 amide bonds. The maximum atomic E-state index is 2.44. The average molecular weight is 426 g/mol. The van der Waals surface area contributed by atoms with Crippen molar-refractivity contribution in [2.45, 2.75) is 84.4 Å². The molecule has 1 aliphatic carbocycles. The zero-order valence-corrected chi connectivity index (χ0v) is 20.7. The minimum atomic E-state index is -0.114. The van der Waals surface area contributed by atoms with Crippen LogP contribution >= 0.6 is 15.8 Å². The maximum absolute atomic E-state index is 2.44. The molecule has 0 saturated carbocycles. The van der Waals surface area contributed by atoms with E-state index in [-0.39, 0.29) is 32.6 Å². The molecule has 2 rings (SSSR count). The molecule has 0 saturated heterocycles. The molecule has 0 N–H and O–H groups in total. The van der Waals surface area contributed by atoms with E-state index in [0.29, 0.717) is 0 Å². The topological polar surface area (TPSA) is 0 Å². The Morgan fingerprint density at radius 3 is 1.64 bits per heavy atom. The molecule has 1 radical (unpaired) electrons. The standard InChI is InChI=1S/C14H32P2.C8H7.Co/c1-11(2)15(12(3)4)9-10-16(13(5)6)14(7)8;1-3-7-5-2-6-8(7)4-1;/h11-14H,9-10H2,1-8H3;1-5H,6H2;/q;-1;/p+2. The predicted octanol–water partition coefficient (Wildman–Crippen LogP) is 7.02. The number of fused-ring (bicyclic) bond motifs is 1. The van der Waals surface area contributed by atoms with Crippen LogP contribution in [0.1, 0.15) is 66.5 Å². The van der Waals surface area contributed by atoms with E-state index < -0.39 is 0 Å². The summed E-state index contributed by atoms with van der Waals surface area (Å²) in [4.78, 5) is 0. The van der Waals surface area contributed by atoms with E-state index in [1.165, 1.54) is 11.1 Å². The Bertz CT molecular complexity index is 450. The van der Waals surface area contributed by atoms with Crippen LogP contribution in [-0.2, 0) is 23.2 Å². The number of hydrogen-bond donors (Lipinski definition) is 0. The molecule has 1 aliphatic rings. The van der Waals surface area contributed by atoms with Crippen molar-refractivity contribution in [2.75, 3.05) is 12.3 Å². The Labute approximate surface area is 170 Å². The molecule has 0 aromatic heterocycles. The van der Waals surface area contributed by atoms with E-state index in [0.717, 1.165) is 29.1 Å². The first-order chi connectivity index (χ1) is 11.2. The number of allylic oxidation sites excluding steroid dienone is 1. The van der Waals surface area contributed by atoms with E-state index in [9.17, 15) is 0 Å². The Balaban J connectivity index is 0.000000527. The fourth-order valence-electron chi connectivity index (χ4n) is 3.91. The van der Waals surface area contributed by atoms with Gasteiger partial charge >= 0.3 is 0 Å². The Morgan fingerprint density at radius 2 is 1.28 bits per heavy atom. The summed E-state index contributed by atoms with van der Waals surface area (Å²) in [6.07, 6.45) is 8.64. The van der Waals surface area contributed by atoms with Gasteiger partial charge in [-0.05, 0) is 55.4 Å². The molecule has 0 aliphatic heterocycles. The van der Waals surface area contributed by atoms with Crippen molar-refractivity contribution < 1.29 is 16.8 Å². The zero-order valence-electron chi connectivity index (χ0n) is 17.7. The van der Waals surface area contributed by atoms with Crippen molar-refractivity contribution in [3.05, 3.63) is 35.4 Å². The third kappa shape index (κ3) is 8.79. The summed E-state index contributed by atoms with van der Waals surface area (Å²) in [6, 6.07) is 6.43. The Hall–Kier alpha value is 0.456. The van der Waals surface area contributed by atoms with Crippen molar-refractivity contribution in [1.29, 1.82) is 0 Å². The first-order valence-electron chi connectivity index (χ1n) is 9.86. The molecule has 0 heterocycles. The van der Waals surface area contributed by atoms with Gasteiger partial charge in [-0.25, -0.2) is 0 Å². The van der Waals surface area contributed by atoms with Crippen molar-refractivity contribution in [3.63, 3.8) is 0 Å². The summed E-state index contributed by atoms with van der Waals surface area (Å²) >= 11 is 0. The minimum absolute atomic E-state index is 0. The summed E-state index contributed by atoms with van der Waals surface area (Å²) in [5.41, 5.74) is 6.69. The monoisotopic (exact) mass is 426 g/mol. The van der Waals surface area contributed by atoms with E-state index in [2.05, 4.69) is 85.7 Å². The van der Waals surface area contributed by atoms with Gasteiger partial charge in [-0.15, -0.1) is 23.3 Å². The van der Waals surface area contributed by atoms with Gasteiger partial charge in [0.15, 0.2) is 0 Å². The summed E-state index contributed by atoms with van der Waals surface area (Å²) in [5, 5.41) is 0. The van der Waals surface area contributed by atoms with Gasteiger partial charge in [0, 0.05) is 32.6 Å².